The molecule has 1 aromatic carbocycles. The van der Waals surface area contributed by atoms with Crippen molar-refractivity contribution >= 4 is 5.91 Å². The molecule has 3 aromatic rings. The largest absolute Gasteiger partial charge is 0.333 e. The molecule has 1 saturated heterocycles. The molecule has 6 heteroatoms. The third-order valence-electron chi connectivity index (χ3n) is 5.96. The Bertz CT molecular complexity index is 933. The summed E-state index contributed by atoms with van der Waals surface area (Å²) in [6, 6.07) is 14.3. The van der Waals surface area contributed by atoms with Crippen molar-refractivity contribution in [2.45, 2.75) is 32.9 Å². The van der Waals surface area contributed by atoms with Crippen molar-refractivity contribution in [2.24, 2.45) is 5.92 Å². The van der Waals surface area contributed by atoms with Crippen molar-refractivity contribution in [3.63, 3.8) is 0 Å². The number of likely N-dealkylation sites (tertiary alicyclic amines) is 1. The van der Waals surface area contributed by atoms with Crippen LogP contribution < -0.4 is 0 Å². The Labute approximate surface area is 177 Å². The molecule has 0 aliphatic carbocycles. The number of rotatable bonds is 7. The fraction of sp³-hybridized carbons (Fsp3) is 0.375. The minimum atomic E-state index is -0.00121. The van der Waals surface area contributed by atoms with E-state index in [4.69, 9.17) is 0 Å². The van der Waals surface area contributed by atoms with E-state index in [0.29, 0.717) is 18.2 Å². The molecule has 0 radical (unpaired) electrons. The minimum Gasteiger partial charge on any atom is -0.333 e. The number of carbonyl (C=O) groups is 1. The average Bonchev–Trinajstić information content (AvgIpc) is 3.31. The number of amides is 1. The van der Waals surface area contributed by atoms with Gasteiger partial charge in [0.2, 0.25) is 0 Å². The van der Waals surface area contributed by atoms with Crippen LogP contribution in [0.5, 0.6) is 0 Å². The molecule has 0 unspecified atom stereocenters. The van der Waals surface area contributed by atoms with Gasteiger partial charge in [0.05, 0.1) is 0 Å². The predicted octanol–water partition coefficient (Wildman–Crippen LogP) is 3.67. The van der Waals surface area contributed by atoms with Crippen LogP contribution in [0.3, 0.4) is 0 Å². The summed E-state index contributed by atoms with van der Waals surface area (Å²) in [5.41, 5.74) is 4.34. The Morgan fingerprint density at radius 1 is 1.13 bits per heavy atom. The van der Waals surface area contributed by atoms with Crippen LogP contribution in [-0.4, -0.2) is 50.5 Å². The first kappa shape index (κ1) is 20.3. The lowest BCUT2D eigenvalue weighted by atomic mass is 9.95. The van der Waals surface area contributed by atoms with Crippen molar-refractivity contribution < 1.29 is 4.79 Å². The van der Waals surface area contributed by atoms with Crippen LogP contribution in [0.15, 0.2) is 61.1 Å². The fourth-order valence-electron chi connectivity index (χ4n) is 4.14. The van der Waals surface area contributed by atoms with Crippen LogP contribution in [0, 0.1) is 12.8 Å². The van der Waals surface area contributed by atoms with E-state index in [1.165, 1.54) is 11.1 Å². The number of carbonyl (C=O) groups excluding carboxylic acids is 1. The highest BCUT2D eigenvalue weighted by Crippen LogP contribution is 2.22. The first-order chi connectivity index (χ1) is 14.7. The van der Waals surface area contributed by atoms with Crippen LogP contribution in [0.4, 0.5) is 0 Å². The molecule has 1 aliphatic heterocycles. The second kappa shape index (κ2) is 9.67. The minimum absolute atomic E-state index is 0.00121. The maximum absolute atomic E-state index is 13.1. The molecular formula is C24H29N5O. The standard InChI is InChI=1S/C24H29N5O/c1-19-5-2-3-7-22(19)18-28-13-9-20(10-14-28)16-29(17-21-6-4-11-25-15-21)24(30)23-8-12-26-27-23/h2-8,11-12,15,20H,9-10,13-14,16-18H2,1H3,(H,26,27). The van der Waals surface area contributed by atoms with Gasteiger partial charge in [-0.3, -0.25) is 19.8 Å². The van der Waals surface area contributed by atoms with Crippen molar-refractivity contribution in [1.29, 1.82) is 0 Å². The maximum atomic E-state index is 13.1. The normalized spacial score (nSPS) is 15.2. The molecule has 1 amide bonds. The number of H-pyrrole nitrogens is 1. The van der Waals surface area contributed by atoms with E-state index >= 15 is 0 Å². The molecule has 0 saturated carbocycles. The summed E-state index contributed by atoms with van der Waals surface area (Å²) in [6.07, 6.45) is 7.42. The van der Waals surface area contributed by atoms with E-state index in [1.807, 2.05) is 23.2 Å². The Balaban J connectivity index is 1.37. The topological polar surface area (TPSA) is 65.1 Å². The quantitative estimate of drug-likeness (QED) is 0.654. The summed E-state index contributed by atoms with van der Waals surface area (Å²) in [6.45, 7) is 6.64. The summed E-state index contributed by atoms with van der Waals surface area (Å²) < 4.78 is 0. The molecule has 1 aliphatic rings. The molecule has 3 heterocycles. The fourth-order valence-corrected chi connectivity index (χ4v) is 4.14. The van der Waals surface area contributed by atoms with Crippen LogP contribution in [0.2, 0.25) is 0 Å². The molecule has 1 fully saturated rings. The monoisotopic (exact) mass is 403 g/mol. The van der Waals surface area contributed by atoms with Gasteiger partial charge in [-0.2, -0.15) is 5.10 Å². The lowest BCUT2D eigenvalue weighted by molar-refractivity contribution is 0.0665. The molecule has 0 bridgehead atoms. The highest BCUT2D eigenvalue weighted by molar-refractivity contribution is 5.92. The van der Waals surface area contributed by atoms with Gasteiger partial charge in [0.25, 0.3) is 5.91 Å². The van der Waals surface area contributed by atoms with E-state index in [9.17, 15) is 4.79 Å². The summed E-state index contributed by atoms with van der Waals surface area (Å²) in [7, 11) is 0. The number of aryl methyl sites for hydroxylation is 1. The van der Waals surface area contributed by atoms with Crippen LogP contribution >= 0.6 is 0 Å². The zero-order chi connectivity index (χ0) is 20.8. The van der Waals surface area contributed by atoms with Gasteiger partial charge in [0.15, 0.2) is 0 Å². The van der Waals surface area contributed by atoms with Gasteiger partial charge >= 0.3 is 0 Å². The predicted molar refractivity (Wildman–Crippen MR) is 117 cm³/mol. The van der Waals surface area contributed by atoms with Gasteiger partial charge in [0.1, 0.15) is 5.69 Å². The highest BCUT2D eigenvalue weighted by Gasteiger charge is 2.25. The zero-order valence-corrected chi connectivity index (χ0v) is 17.5. The number of pyridine rings is 1. The zero-order valence-electron chi connectivity index (χ0n) is 17.5. The number of benzene rings is 1. The lowest BCUT2D eigenvalue weighted by Gasteiger charge is -2.35. The van der Waals surface area contributed by atoms with Gasteiger partial charge in [-0.05, 0) is 67.6 Å². The van der Waals surface area contributed by atoms with E-state index in [2.05, 4.69) is 51.3 Å². The van der Waals surface area contributed by atoms with Gasteiger partial charge < -0.3 is 4.90 Å². The molecule has 2 aromatic heterocycles. The van der Waals surface area contributed by atoms with Crippen molar-refractivity contribution in [3.05, 3.63) is 83.4 Å². The molecule has 0 atom stereocenters. The smallest absolute Gasteiger partial charge is 0.272 e. The Morgan fingerprint density at radius 2 is 1.97 bits per heavy atom. The first-order valence-corrected chi connectivity index (χ1v) is 10.6. The van der Waals surface area contributed by atoms with Gasteiger partial charge in [-0.15, -0.1) is 0 Å². The molecular weight excluding hydrogens is 374 g/mol. The van der Waals surface area contributed by atoms with Crippen LogP contribution in [0.25, 0.3) is 0 Å². The second-order valence-electron chi connectivity index (χ2n) is 8.16. The van der Waals surface area contributed by atoms with E-state index in [0.717, 1.165) is 44.6 Å². The van der Waals surface area contributed by atoms with Crippen molar-refractivity contribution in [2.75, 3.05) is 19.6 Å². The number of piperidine rings is 1. The van der Waals surface area contributed by atoms with Gasteiger partial charge in [0, 0.05) is 38.2 Å². The average molecular weight is 404 g/mol. The van der Waals surface area contributed by atoms with Crippen molar-refractivity contribution in [3.8, 4) is 0 Å². The SMILES string of the molecule is Cc1ccccc1CN1CCC(CN(Cc2cccnc2)C(=O)c2ccn[nH]2)CC1. The molecule has 6 nitrogen and oxygen atoms in total. The van der Waals surface area contributed by atoms with Crippen molar-refractivity contribution in [1.82, 2.24) is 25.0 Å². The molecule has 156 valence electrons. The third kappa shape index (κ3) is 5.13. The molecule has 1 N–H and O–H groups in total. The Hall–Kier alpha value is -2.99. The summed E-state index contributed by atoms with van der Waals surface area (Å²) >= 11 is 0. The van der Waals surface area contributed by atoms with Crippen LogP contribution in [-0.2, 0) is 13.1 Å². The summed E-state index contributed by atoms with van der Waals surface area (Å²) in [4.78, 5) is 21.7. The van der Waals surface area contributed by atoms with E-state index < -0.39 is 0 Å². The van der Waals surface area contributed by atoms with Gasteiger partial charge in [-0.25, -0.2) is 0 Å². The maximum Gasteiger partial charge on any atom is 0.272 e. The number of nitrogens with one attached hydrogen (secondary N) is 1. The Morgan fingerprint density at radius 3 is 2.67 bits per heavy atom. The second-order valence-corrected chi connectivity index (χ2v) is 8.16. The van der Waals surface area contributed by atoms with Gasteiger partial charge in [-0.1, -0.05) is 30.3 Å². The number of nitrogens with zero attached hydrogens (tertiary/aromatic N) is 4. The first-order valence-electron chi connectivity index (χ1n) is 10.6. The molecule has 30 heavy (non-hydrogen) atoms. The third-order valence-corrected chi connectivity index (χ3v) is 5.96. The lowest BCUT2D eigenvalue weighted by Crippen LogP contribution is -2.40. The molecule has 4 rings (SSSR count). The number of hydrogen-bond acceptors (Lipinski definition) is 4. The Kier molecular flexibility index (Phi) is 6.54. The van der Waals surface area contributed by atoms with E-state index in [1.54, 1.807) is 18.5 Å². The summed E-state index contributed by atoms with van der Waals surface area (Å²) in [5, 5.41) is 6.76. The number of aromatic nitrogens is 3. The molecule has 0 spiro atoms. The van der Waals surface area contributed by atoms with Crippen LogP contribution in [0.1, 0.15) is 40.0 Å². The number of hydrogen-bond donors (Lipinski definition) is 1. The summed E-state index contributed by atoms with van der Waals surface area (Å²) in [5.74, 6) is 0.500. The number of aromatic amines is 1. The van der Waals surface area contributed by atoms with E-state index in [-0.39, 0.29) is 5.91 Å². The highest BCUT2D eigenvalue weighted by atomic mass is 16.2.